The Morgan fingerprint density at radius 2 is 2.00 bits per heavy atom. The molecular weight excluding hydrogens is 404 g/mol. The molecule has 2 aromatic heterocycles. The minimum atomic E-state index is -3.83. The second-order valence-electron chi connectivity index (χ2n) is 7.39. The minimum absolute atomic E-state index is 0.0103. The zero-order valence-electron chi connectivity index (χ0n) is 15.7. The van der Waals surface area contributed by atoms with Gasteiger partial charge in [-0.1, -0.05) is 18.2 Å². The molecule has 4 aromatic rings. The predicted octanol–water partition coefficient (Wildman–Crippen LogP) is 2.06. The van der Waals surface area contributed by atoms with E-state index in [1.54, 1.807) is 17.0 Å². The van der Waals surface area contributed by atoms with Gasteiger partial charge in [-0.15, -0.1) is 0 Å². The average Bonchev–Trinajstić information content (AvgIpc) is 3.36. The van der Waals surface area contributed by atoms with Crippen molar-refractivity contribution >= 4 is 32.8 Å². The number of nitrogens with zero attached hydrogens (tertiary/aromatic N) is 4. The largest absolute Gasteiger partial charge is 0.358 e. The summed E-state index contributed by atoms with van der Waals surface area (Å²) in [5.41, 5.74) is 4.02. The molecule has 0 saturated heterocycles. The van der Waals surface area contributed by atoms with Crippen LogP contribution >= 0.6 is 0 Å². The maximum atomic E-state index is 13.2. The summed E-state index contributed by atoms with van der Waals surface area (Å²) in [7, 11) is -3.83. The molecule has 30 heavy (non-hydrogen) atoms. The molecule has 10 heteroatoms. The molecule has 2 aliphatic rings. The first kappa shape index (κ1) is 17.2. The summed E-state index contributed by atoms with van der Waals surface area (Å²) in [4.78, 5) is 22.3. The molecule has 0 aliphatic carbocycles. The van der Waals surface area contributed by atoms with E-state index < -0.39 is 10.0 Å². The minimum Gasteiger partial charge on any atom is -0.358 e. The molecule has 0 bridgehead atoms. The molecule has 2 aromatic carbocycles. The normalized spacial score (nSPS) is 16.5. The maximum absolute atomic E-state index is 13.2. The number of para-hydroxylation sites is 1. The first-order valence-corrected chi connectivity index (χ1v) is 10.9. The van der Waals surface area contributed by atoms with Gasteiger partial charge in [-0.2, -0.15) is 14.8 Å². The maximum Gasteiger partial charge on any atom is 0.266 e. The van der Waals surface area contributed by atoms with Crippen molar-refractivity contribution in [2.45, 2.75) is 17.9 Å². The van der Waals surface area contributed by atoms with Crippen LogP contribution < -0.4 is 4.72 Å². The molecule has 9 nitrogen and oxygen atoms in total. The van der Waals surface area contributed by atoms with E-state index in [-0.39, 0.29) is 16.8 Å². The predicted molar refractivity (Wildman–Crippen MR) is 109 cm³/mol. The highest BCUT2D eigenvalue weighted by atomic mass is 32.2. The topological polar surface area (TPSA) is 113 Å². The van der Waals surface area contributed by atoms with Crippen LogP contribution in [-0.4, -0.2) is 45.5 Å². The summed E-state index contributed by atoms with van der Waals surface area (Å²) >= 11 is 0. The second-order valence-corrected chi connectivity index (χ2v) is 9.04. The summed E-state index contributed by atoms with van der Waals surface area (Å²) in [6, 6.07) is 12.7. The van der Waals surface area contributed by atoms with E-state index in [4.69, 9.17) is 0 Å². The Kier molecular flexibility index (Phi) is 3.40. The van der Waals surface area contributed by atoms with Gasteiger partial charge in [-0.25, -0.2) is 13.1 Å². The fourth-order valence-corrected chi connectivity index (χ4v) is 5.42. The third-order valence-electron chi connectivity index (χ3n) is 5.67. The number of aromatic amines is 1. The third kappa shape index (κ3) is 2.40. The zero-order valence-corrected chi connectivity index (χ0v) is 16.5. The molecular formula is C20H16N6O3S. The molecule has 1 amide bonds. The molecule has 2 aliphatic heterocycles. The van der Waals surface area contributed by atoms with Crippen molar-refractivity contribution in [3.05, 3.63) is 65.6 Å². The first-order chi connectivity index (χ1) is 14.5. The zero-order chi connectivity index (χ0) is 20.5. The van der Waals surface area contributed by atoms with Crippen LogP contribution in [0.2, 0.25) is 0 Å². The van der Waals surface area contributed by atoms with E-state index in [0.29, 0.717) is 24.3 Å². The number of fused-ring (bicyclic) bond motifs is 6. The molecule has 0 fully saturated rings. The molecule has 0 radical (unpaired) electrons. The number of rotatable bonds is 1. The van der Waals surface area contributed by atoms with Gasteiger partial charge < -0.3 is 9.88 Å². The molecule has 2 N–H and O–H groups in total. The van der Waals surface area contributed by atoms with Crippen LogP contribution in [0.1, 0.15) is 21.6 Å². The molecule has 0 unspecified atom stereocenters. The second kappa shape index (κ2) is 5.92. The Labute approximate surface area is 171 Å². The summed E-state index contributed by atoms with van der Waals surface area (Å²) < 4.78 is 29.1. The van der Waals surface area contributed by atoms with Crippen molar-refractivity contribution < 1.29 is 13.2 Å². The highest BCUT2D eigenvalue weighted by Crippen LogP contribution is 2.31. The number of hydrogen-bond donors (Lipinski definition) is 2. The highest BCUT2D eigenvalue weighted by Gasteiger charge is 2.31. The van der Waals surface area contributed by atoms with Crippen molar-refractivity contribution in [1.82, 2.24) is 24.6 Å². The van der Waals surface area contributed by atoms with Crippen LogP contribution in [-0.2, 0) is 23.0 Å². The van der Waals surface area contributed by atoms with E-state index in [1.807, 2.05) is 24.3 Å². The summed E-state index contributed by atoms with van der Waals surface area (Å²) in [5.74, 6) is -0.0715. The van der Waals surface area contributed by atoms with Gasteiger partial charge in [0.05, 0.1) is 5.69 Å². The van der Waals surface area contributed by atoms with Crippen LogP contribution in [0.3, 0.4) is 0 Å². The van der Waals surface area contributed by atoms with E-state index in [9.17, 15) is 13.2 Å². The number of hydrogen-bond acceptors (Lipinski definition) is 5. The number of benzene rings is 2. The molecule has 6 rings (SSSR count). The van der Waals surface area contributed by atoms with Crippen LogP contribution in [0.4, 0.5) is 5.95 Å². The van der Waals surface area contributed by atoms with Gasteiger partial charge in [0.2, 0.25) is 5.95 Å². The number of carbonyl (C=O) groups is 1. The monoisotopic (exact) mass is 420 g/mol. The Balaban J connectivity index is 1.38. The molecule has 4 heterocycles. The fraction of sp³-hybridized carbons (Fsp3) is 0.150. The van der Waals surface area contributed by atoms with Crippen molar-refractivity contribution in [2.75, 3.05) is 11.3 Å². The van der Waals surface area contributed by atoms with Crippen LogP contribution in [0.25, 0.3) is 16.6 Å². The smallest absolute Gasteiger partial charge is 0.266 e. The van der Waals surface area contributed by atoms with Crippen molar-refractivity contribution in [3.63, 3.8) is 0 Å². The van der Waals surface area contributed by atoms with Gasteiger partial charge in [0.15, 0.2) is 0 Å². The van der Waals surface area contributed by atoms with Crippen molar-refractivity contribution in [1.29, 1.82) is 0 Å². The Morgan fingerprint density at radius 3 is 2.90 bits per heavy atom. The van der Waals surface area contributed by atoms with Crippen molar-refractivity contribution in [2.24, 2.45) is 0 Å². The quantitative estimate of drug-likeness (QED) is 0.489. The van der Waals surface area contributed by atoms with Crippen LogP contribution in [0.15, 0.2) is 53.7 Å². The van der Waals surface area contributed by atoms with Gasteiger partial charge in [-0.3, -0.25) is 4.79 Å². The van der Waals surface area contributed by atoms with Crippen molar-refractivity contribution in [3.8, 4) is 5.69 Å². The Morgan fingerprint density at radius 1 is 1.13 bits per heavy atom. The lowest BCUT2D eigenvalue weighted by atomic mass is 10.0. The van der Waals surface area contributed by atoms with Crippen LogP contribution in [0.5, 0.6) is 0 Å². The number of sulfonamides is 1. The first-order valence-electron chi connectivity index (χ1n) is 9.46. The number of amides is 1. The van der Waals surface area contributed by atoms with E-state index in [1.165, 1.54) is 17.1 Å². The lowest BCUT2D eigenvalue weighted by Gasteiger charge is -2.28. The number of aromatic nitrogens is 4. The third-order valence-corrected chi connectivity index (χ3v) is 7.03. The number of nitrogens with one attached hydrogen (secondary N) is 2. The van der Waals surface area contributed by atoms with Gasteiger partial charge >= 0.3 is 0 Å². The van der Waals surface area contributed by atoms with E-state index >= 15 is 0 Å². The Hall–Kier alpha value is -3.66. The van der Waals surface area contributed by atoms with Gasteiger partial charge in [0, 0.05) is 47.2 Å². The average molecular weight is 420 g/mol. The number of H-pyrrole nitrogens is 1. The van der Waals surface area contributed by atoms with Gasteiger partial charge in [0.1, 0.15) is 11.2 Å². The summed E-state index contributed by atoms with van der Waals surface area (Å²) in [6.07, 6.45) is 2.00. The molecule has 0 saturated carbocycles. The lowest BCUT2D eigenvalue weighted by molar-refractivity contribution is 0.0735. The molecule has 150 valence electrons. The fourth-order valence-electron chi connectivity index (χ4n) is 4.22. The number of anilines is 1. The lowest BCUT2D eigenvalue weighted by Crippen LogP contribution is -2.36. The summed E-state index contributed by atoms with van der Waals surface area (Å²) in [5, 5.41) is 5.17. The van der Waals surface area contributed by atoms with E-state index in [2.05, 4.69) is 19.8 Å². The molecule has 0 spiro atoms. The standard InChI is InChI=1S/C20H16N6O3S/c27-19(25-8-7-16-14(10-25)13-3-1-2-4-15(13)23-16)12-5-6-17-18(9-12)30(28,29)24-20-21-11-22-26(17)20/h1-6,9,11,23H,7-8,10H2,(H,21,22,24). The van der Waals surface area contributed by atoms with Gasteiger partial charge in [-0.05, 0) is 24.3 Å². The number of carbonyl (C=O) groups excluding carboxylic acids is 1. The SMILES string of the molecule is O=C(c1ccc2c(c1)S(=O)(=O)Nc1ncnn1-2)N1CCc2[nH]c3ccccc3c2C1. The van der Waals surface area contributed by atoms with E-state index in [0.717, 1.165) is 28.6 Å². The highest BCUT2D eigenvalue weighted by molar-refractivity contribution is 7.93. The molecule has 0 atom stereocenters. The summed E-state index contributed by atoms with van der Waals surface area (Å²) in [6.45, 7) is 1.04. The van der Waals surface area contributed by atoms with Gasteiger partial charge in [0.25, 0.3) is 15.9 Å². The van der Waals surface area contributed by atoms with Crippen LogP contribution in [0, 0.1) is 0 Å². The Bertz CT molecular complexity index is 1450.